The van der Waals surface area contributed by atoms with Gasteiger partial charge in [0.15, 0.2) is 0 Å². The van der Waals surface area contributed by atoms with Crippen molar-refractivity contribution < 1.29 is 18.9 Å². The van der Waals surface area contributed by atoms with Crippen LogP contribution in [0.5, 0.6) is 0 Å². The van der Waals surface area contributed by atoms with E-state index in [4.69, 9.17) is 18.9 Å². The Hall–Kier alpha value is -2.50. The van der Waals surface area contributed by atoms with Gasteiger partial charge >= 0.3 is 0 Å². The monoisotopic (exact) mass is 432 g/mol. The molecule has 3 aromatic carbocycles. The smallest absolute Gasteiger partial charge is 0.111 e. The van der Waals surface area contributed by atoms with Gasteiger partial charge in [0.2, 0.25) is 0 Å². The summed E-state index contributed by atoms with van der Waals surface area (Å²) >= 11 is 0. The van der Waals surface area contributed by atoms with Crippen LogP contribution in [0.3, 0.4) is 0 Å². The highest BCUT2D eigenvalue weighted by molar-refractivity contribution is 5.15. The molecular weight excluding hydrogens is 400 g/mol. The van der Waals surface area contributed by atoms with Crippen LogP contribution in [-0.2, 0) is 38.8 Å². The summed E-state index contributed by atoms with van der Waals surface area (Å²) in [5, 5.41) is 0. The average Bonchev–Trinajstić information content (AvgIpc) is 3.19. The normalized spacial score (nSPS) is 22.8. The molecule has 1 aliphatic carbocycles. The molecule has 0 spiro atoms. The van der Waals surface area contributed by atoms with E-state index in [2.05, 4.69) is 36.4 Å². The van der Waals surface area contributed by atoms with Gasteiger partial charge in [-0.2, -0.15) is 0 Å². The lowest BCUT2D eigenvalue weighted by Gasteiger charge is -2.27. The van der Waals surface area contributed by atoms with Crippen molar-refractivity contribution in [3.63, 3.8) is 0 Å². The fourth-order valence-corrected chi connectivity index (χ4v) is 4.31. The third-order valence-corrected chi connectivity index (χ3v) is 6.01. The maximum atomic E-state index is 6.45. The molecule has 4 heteroatoms. The van der Waals surface area contributed by atoms with E-state index in [0.717, 1.165) is 17.5 Å². The lowest BCUT2D eigenvalue weighted by molar-refractivity contribution is -0.122. The summed E-state index contributed by atoms with van der Waals surface area (Å²) in [5.41, 5.74) is 3.47. The van der Waals surface area contributed by atoms with Gasteiger partial charge in [-0.25, -0.2) is 0 Å². The van der Waals surface area contributed by atoms with E-state index in [-0.39, 0.29) is 24.2 Å². The van der Waals surface area contributed by atoms with Gasteiger partial charge in [-0.3, -0.25) is 0 Å². The Morgan fingerprint density at radius 3 is 1.59 bits per heavy atom. The second kappa shape index (κ2) is 11.9. The minimum absolute atomic E-state index is 0.0233. The molecule has 0 N–H and O–H groups in total. The van der Waals surface area contributed by atoms with Crippen LogP contribution < -0.4 is 0 Å². The van der Waals surface area contributed by atoms with Crippen molar-refractivity contribution in [3.8, 4) is 0 Å². The zero-order chi connectivity index (χ0) is 22.0. The highest BCUT2D eigenvalue weighted by Gasteiger charge is 2.45. The number of benzene rings is 3. The molecule has 168 valence electrons. The highest BCUT2D eigenvalue weighted by atomic mass is 16.6. The fraction of sp³-hybridized carbons (Fsp3) is 0.357. The van der Waals surface area contributed by atoms with Crippen molar-refractivity contribution in [2.75, 3.05) is 13.7 Å². The molecule has 0 bridgehead atoms. The van der Waals surface area contributed by atoms with Gasteiger partial charge in [-0.05, 0) is 23.1 Å². The summed E-state index contributed by atoms with van der Waals surface area (Å²) < 4.78 is 24.8. The molecule has 1 fully saturated rings. The second-order valence-electron chi connectivity index (χ2n) is 8.29. The first-order chi connectivity index (χ1) is 15.8. The first-order valence-corrected chi connectivity index (χ1v) is 11.3. The van der Waals surface area contributed by atoms with E-state index in [1.165, 1.54) is 5.56 Å². The lowest BCUT2D eigenvalue weighted by Crippen LogP contribution is -2.37. The molecule has 4 nitrogen and oxygen atoms in total. The van der Waals surface area contributed by atoms with Gasteiger partial charge < -0.3 is 18.9 Å². The summed E-state index contributed by atoms with van der Waals surface area (Å²) in [4.78, 5) is 0. The predicted octanol–water partition coefficient (Wildman–Crippen LogP) is 5.41. The minimum atomic E-state index is -0.144. The van der Waals surface area contributed by atoms with Crippen molar-refractivity contribution >= 4 is 0 Å². The zero-order valence-corrected chi connectivity index (χ0v) is 18.6. The molecule has 32 heavy (non-hydrogen) atoms. The van der Waals surface area contributed by atoms with Gasteiger partial charge in [0.25, 0.3) is 0 Å². The summed E-state index contributed by atoms with van der Waals surface area (Å²) in [6, 6.07) is 30.8. The molecule has 0 aliphatic heterocycles. The third-order valence-electron chi connectivity index (χ3n) is 6.01. The SMILES string of the molecule is CO[C@@H]1C[C@H](COCc2ccccc2)[C@@H](OCc2ccccc2)[C@@H]1OCc1ccccc1. The molecule has 3 aromatic rings. The number of ether oxygens (including phenoxy) is 4. The molecule has 4 rings (SSSR count). The first-order valence-electron chi connectivity index (χ1n) is 11.3. The van der Waals surface area contributed by atoms with Crippen LogP contribution in [-0.4, -0.2) is 32.0 Å². The van der Waals surface area contributed by atoms with Gasteiger partial charge in [0, 0.05) is 13.0 Å². The van der Waals surface area contributed by atoms with Crippen molar-refractivity contribution in [1.29, 1.82) is 0 Å². The number of rotatable bonds is 11. The van der Waals surface area contributed by atoms with Crippen LogP contribution in [0.15, 0.2) is 91.0 Å². The van der Waals surface area contributed by atoms with E-state index in [0.29, 0.717) is 26.4 Å². The Kier molecular flexibility index (Phi) is 8.46. The van der Waals surface area contributed by atoms with Crippen molar-refractivity contribution in [1.82, 2.24) is 0 Å². The quantitative estimate of drug-likeness (QED) is 0.406. The van der Waals surface area contributed by atoms with E-state index in [1.807, 2.05) is 54.6 Å². The van der Waals surface area contributed by atoms with Gasteiger partial charge in [-0.1, -0.05) is 91.0 Å². The van der Waals surface area contributed by atoms with Crippen LogP contribution in [0.25, 0.3) is 0 Å². The minimum Gasteiger partial charge on any atom is -0.379 e. The van der Waals surface area contributed by atoms with Crippen molar-refractivity contribution in [2.45, 2.75) is 44.6 Å². The summed E-state index contributed by atoms with van der Waals surface area (Å²) in [7, 11) is 1.75. The van der Waals surface area contributed by atoms with E-state index < -0.39 is 0 Å². The molecule has 0 radical (unpaired) electrons. The van der Waals surface area contributed by atoms with Crippen molar-refractivity contribution in [2.24, 2.45) is 5.92 Å². The van der Waals surface area contributed by atoms with E-state index in [1.54, 1.807) is 7.11 Å². The molecule has 0 heterocycles. The highest BCUT2D eigenvalue weighted by Crippen LogP contribution is 2.35. The number of methoxy groups -OCH3 is 1. The van der Waals surface area contributed by atoms with E-state index >= 15 is 0 Å². The molecule has 1 aliphatic rings. The van der Waals surface area contributed by atoms with Crippen molar-refractivity contribution in [3.05, 3.63) is 108 Å². The van der Waals surface area contributed by atoms with Crippen LogP contribution in [0.2, 0.25) is 0 Å². The van der Waals surface area contributed by atoms with Gasteiger partial charge in [0.05, 0.1) is 38.6 Å². The summed E-state index contributed by atoms with van der Waals surface area (Å²) in [6.07, 6.45) is 0.586. The maximum absolute atomic E-state index is 6.45. The Bertz CT molecular complexity index is 900. The van der Waals surface area contributed by atoms with Gasteiger partial charge in [0.1, 0.15) is 6.10 Å². The maximum Gasteiger partial charge on any atom is 0.111 e. The third kappa shape index (κ3) is 6.27. The molecular formula is C28H32O4. The Morgan fingerprint density at radius 2 is 1.09 bits per heavy atom. The molecule has 0 unspecified atom stereocenters. The molecule has 1 saturated carbocycles. The Balaban J connectivity index is 1.42. The Morgan fingerprint density at radius 1 is 0.625 bits per heavy atom. The standard InChI is InChI=1S/C28H32O4/c1-29-26-17-25(21-30-18-22-11-5-2-6-12-22)27(31-19-23-13-7-3-8-14-23)28(26)32-20-24-15-9-4-10-16-24/h2-16,25-28H,17-21H2,1H3/t25-,26-,27-,28-/m1/s1. The summed E-state index contributed by atoms with van der Waals surface area (Å²) in [6.45, 7) is 2.28. The fourth-order valence-electron chi connectivity index (χ4n) is 4.31. The zero-order valence-electron chi connectivity index (χ0n) is 18.6. The van der Waals surface area contributed by atoms with Crippen LogP contribution >= 0.6 is 0 Å². The molecule has 0 aromatic heterocycles. The van der Waals surface area contributed by atoms with Crippen LogP contribution in [0.4, 0.5) is 0 Å². The molecule has 4 atom stereocenters. The van der Waals surface area contributed by atoms with E-state index in [9.17, 15) is 0 Å². The second-order valence-corrected chi connectivity index (χ2v) is 8.29. The average molecular weight is 433 g/mol. The predicted molar refractivity (Wildman–Crippen MR) is 125 cm³/mol. The van der Waals surface area contributed by atoms with Crippen LogP contribution in [0, 0.1) is 5.92 Å². The topological polar surface area (TPSA) is 36.9 Å². The number of hydrogen-bond donors (Lipinski definition) is 0. The summed E-state index contributed by atoms with van der Waals surface area (Å²) in [5.74, 6) is 0.202. The first kappa shape index (κ1) is 22.7. The largest absolute Gasteiger partial charge is 0.379 e. The van der Waals surface area contributed by atoms with Crippen LogP contribution in [0.1, 0.15) is 23.1 Å². The lowest BCUT2D eigenvalue weighted by atomic mass is 10.1. The Labute approximate surface area is 191 Å². The molecule has 0 amide bonds. The number of hydrogen-bond acceptors (Lipinski definition) is 4. The van der Waals surface area contributed by atoms with Gasteiger partial charge in [-0.15, -0.1) is 0 Å². The molecule has 0 saturated heterocycles.